The number of nitrogens with zero attached hydrogens (tertiary/aromatic N) is 2. The van der Waals surface area contributed by atoms with Crippen LogP contribution in [0.15, 0.2) is 11.8 Å². The van der Waals surface area contributed by atoms with Gasteiger partial charge in [0.2, 0.25) is 0 Å². The van der Waals surface area contributed by atoms with Gasteiger partial charge in [0.25, 0.3) is 5.91 Å². The van der Waals surface area contributed by atoms with Crippen molar-refractivity contribution in [3.63, 3.8) is 0 Å². The predicted octanol–water partition coefficient (Wildman–Crippen LogP) is 0.306. The summed E-state index contributed by atoms with van der Waals surface area (Å²) in [5.74, 6) is -1.22. The van der Waals surface area contributed by atoms with Crippen molar-refractivity contribution in [3.8, 4) is 6.07 Å². The number of hydrogen-bond donors (Lipinski definition) is 3. The molecule has 0 aliphatic carbocycles. The van der Waals surface area contributed by atoms with Gasteiger partial charge in [0.1, 0.15) is 11.6 Å². The van der Waals surface area contributed by atoms with E-state index in [2.05, 4.69) is 10.6 Å². The highest BCUT2D eigenvalue weighted by molar-refractivity contribution is 5.97. The zero-order valence-electron chi connectivity index (χ0n) is 12.7. The third-order valence-corrected chi connectivity index (χ3v) is 2.67. The van der Waals surface area contributed by atoms with Gasteiger partial charge in [0, 0.05) is 32.3 Å². The molecule has 0 aromatic heterocycles. The number of unbranched alkanes of at least 4 members (excludes halogenated alkanes) is 2. The van der Waals surface area contributed by atoms with E-state index in [1.54, 1.807) is 0 Å². The highest BCUT2D eigenvalue weighted by Crippen LogP contribution is 1.99. The minimum absolute atomic E-state index is 0.0410. The highest BCUT2D eigenvalue weighted by atomic mass is 16.4. The number of carboxylic acids is 1. The van der Waals surface area contributed by atoms with Crippen molar-refractivity contribution >= 4 is 11.9 Å². The summed E-state index contributed by atoms with van der Waals surface area (Å²) >= 11 is 0. The molecule has 0 spiro atoms. The van der Waals surface area contributed by atoms with E-state index in [9.17, 15) is 9.59 Å². The van der Waals surface area contributed by atoms with Gasteiger partial charge >= 0.3 is 5.97 Å². The van der Waals surface area contributed by atoms with Crippen LogP contribution in [0.5, 0.6) is 0 Å². The van der Waals surface area contributed by atoms with Gasteiger partial charge in [-0.3, -0.25) is 9.59 Å². The van der Waals surface area contributed by atoms with Crippen LogP contribution >= 0.6 is 0 Å². The highest BCUT2D eigenvalue weighted by Gasteiger charge is 2.07. The second kappa shape index (κ2) is 11.7. The van der Waals surface area contributed by atoms with E-state index in [4.69, 9.17) is 10.4 Å². The maximum atomic E-state index is 11.7. The van der Waals surface area contributed by atoms with E-state index >= 15 is 0 Å². The van der Waals surface area contributed by atoms with Crippen LogP contribution in [0.25, 0.3) is 0 Å². The summed E-state index contributed by atoms with van der Waals surface area (Å²) in [5.41, 5.74) is 0.0410. The molecule has 0 aromatic rings. The quantitative estimate of drug-likeness (QED) is 0.288. The van der Waals surface area contributed by atoms with Crippen molar-refractivity contribution in [3.05, 3.63) is 11.8 Å². The van der Waals surface area contributed by atoms with Crippen molar-refractivity contribution in [2.45, 2.75) is 25.7 Å². The Kier molecular flexibility index (Phi) is 10.6. The molecule has 7 nitrogen and oxygen atoms in total. The molecule has 21 heavy (non-hydrogen) atoms. The molecule has 0 saturated heterocycles. The molecule has 118 valence electrons. The average Bonchev–Trinajstić information content (AvgIpc) is 2.41. The Balaban J connectivity index is 3.87. The maximum Gasteiger partial charge on any atom is 0.303 e. The molecule has 0 unspecified atom stereocenters. The lowest BCUT2D eigenvalue weighted by molar-refractivity contribution is -0.137. The number of likely N-dealkylation sites (N-methyl/N-ethyl adjacent to an activating group) is 1. The molecule has 0 atom stereocenters. The number of carbonyl (C=O) groups excluding carboxylic acids is 1. The number of rotatable bonds is 11. The molecule has 0 rings (SSSR count). The lowest BCUT2D eigenvalue weighted by Gasteiger charge is -2.09. The standard InChI is InChI=1S/C14H24N4O3/c1-18(2)9-8-16-11-12(10-15)14(21)17-7-5-3-4-6-13(19)20/h11,16H,3-9H2,1-2H3,(H,17,21)(H,19,20)/b12-11-. The van der Waals surface area contributed by atoms with Gasteiger partial charge in [0.15, 0.2) is 0 Å². The van der Waals surface area contributed by atoms with Crippen LogP contribution in [0.3, 0.4) is 0 Å². The summed E-state index contributed by atoms with van der Waals surface area (Å²) in [4.78, 5) is 24.0. The molecule has 0 heterocycles. The number of hydrogen-bond acceptors (Lipinski definition) is 5. The van der Waals surface area contributed by atoms with Gasteiger partial charge in [-0.1, -0.05) is 6.42 Å². The smallest absolute Gasteiger partial charge is 0.303 e. The molecule has 1 amide bonds. The Morgan fingerprint density at radius 1 is 1.24 bits per heavy atom. The van der Waals surface area contributed by atoms with Crippen LogP contribution in [0.4, 0.5) is 0 Å². The van der Waals surface area contributed by atoms with Crippen LogP contribution in [0, 0.1) is 11.3 Å². The Morgan fingerprint density at radius 3 is 2.52 bits per heavy atom. The Bertz CT molecular complexity index is 400. The Morgan fingerprint density at radius 2 is 1.95 bits per heavy atom. The second-order valence-electron chi connectivity index (χ2n) is 4.89. The fourth-order valence-corrected chi connectivity index (χ4v) is 1.49. The number of nitrogens with one attached hydrogen (secondary N) is 2. The van der Waals surface area contributed by atoms with Crippen molar-refractivity contribution in [1.82, 2.24) is 15.5 Å². The van der Waals surface area contributed by atoms with Gasteiger partial charge < -0.3 is 20.6 Å². The minimum Gasteiger partial charge on any atom is -0.481 e. The van der Waals surface area contributed by atoms with Crippen molar-refractivity contribution < 1.29 is 14.7 Å². The molecular weight excluding hydrogens is 272 g/mol. The number of nitriles is 1. The molecule has 0 aromatic carbocycles. The fraction of sp³-hybridized carbons (Fsp3) is 0.643. The van der Waals surface area contributed by atoms with Gasteiger partial charge in [0.05, 0.1) is 0 Å². The van der Waals surface area contributed by atoms with Gasteiger partial charge in [-0.05, 0) is 26.9 Å². The lowest BCUT2D eigenvalue weighted by Crippen LogP contribution is -2.28. The van der Waals surface area contributed by atoms with E-state index in [0.29, 0.717) is 25.9 Å². The monoisotopic (exact) mass is 296 g/mol. The van der Waals surface area contributed by atoms with Crippen LogP contribution < -0.4 is 10.6 Å². The molecule has 7 heteroatoms. The van der Waals surface area contributed by atoms with Gasteiger partial charge in [-0.15, -0.1) is 0 Å². The van der Waals surface area contributed by atoms with E-state index in [0.717, 1.165) is 13.0 Å². The normalized spacial score (nSPS) is 11.0. The minimum atomic E-state index is -0.808. The summed E-state index contributed by atoms with van der Waals surface area (Å²) in [7, 11) is 3.88. The Hall–Kier alpha value is -2.07. The molecule has 0 fully saturated rings. The molecule has 0 aliphatic rings. The number of carbonyl (C=O) groups is 2. The summed E-state index contributed by atoms with van der Waals surface area (Å²) < 4.78 is 0. The summed E-state index contributed by atoms with van der Waals surface area (Å²) in [6, 6.07) is 1.85. The summed E-state index contributed by atoms with van der Waals surface area (Å²) in [6.45, 7) is 1.90. The zero-order chi connectivity index (χ0) is 16.1. The van der Waals surface area contributed by atoms with Gasteiger partial charge in [-0.25, -0.2) is 0 Å². The molecule has 3 N–H and O–H groups in total. The third kappa shape index (κ3) is 11.5. The van der Waals surface area contributed by atoms with Crippen LogP contribution in [-0.4, -0.2) is 55.6 Å². The van der Waals surface area contributed by atoms with E-state index < -0.39 is 11.9 Å². The second-order valence-corrected chi connectivity index (χ2v) is 4.89. The SMILES string of the molecule is CN(C)CCN/C=C(/C#N)C(=O)NCCCCCC(=O)O. The fourth-order valence-electron chi connectivity index (χ4n) is 1.49. The first kappa shape index (κ1) is 18.9. The Labute approximate surface area is 125 Å². The zero-order valence-corrected chi connectivity index (χ0v) is 12.7. The van der Waals surface area contributed by atoms with Crippen LogP contribution in [0.2, 0.25) is 0 Å². The van der Waals surface area contributed by atoms with E-state index in [1.165, 1.54) is 6.20 Å². The van der Waals surface area contributed by atoms with Gasteiger partial charge in [-0.2, -0.15) is 5.26 Å². The first-order valence-corrected chi connectivity index (χ1v) is 6.95. The molecule has 0 saturated carbocycles. The molecule has 0 aliphatic heterocycles. The van der Waals surface area contributed by atoms with Crippen molar-refractivity contribution in [1.29, 1.82) is 5.26 Å². The average molecular weight is 296 g/mol. The van der Waals surface area contributed by atoms with Crippen LogP contribution in [0.1, 0.15) is 25.7 Å². The topological polar surface area (TPSA) is 105 Å². The van der Waals surface area contributed by atoms with E-state index in [1.807, 2.05) is 25.1 Å². The third-order valence-electron chi connectivity index (χ3n) is 2.67. The van der Waals surface area contributed by atoms with Crippen LogP contribution in [-0.2, 0) is 9.59 Å². The number of amides is 1. The molecule has 0 bridgehead atoms. The summed E-state index contributed by atoms with van der Waals surface area (Å²) in [5, 5.41) is 23.0. The largest absolute Gasteiger partial charge is 0.481 e. The van der Waals surface area contributed by atoms with Crippen molar-refractivity contribution in [2.24, 2.45) is 0 Å². The summed E-state index contributed by atoms with van der Waals surface area (Å²) in [6.07, 6.45) is 3.60. The number of carboxylic acid groups (broad SMARTS) is 1. The maximum absolute atomic E-state index is 11.7. The lowest BCUT2D eigenvalue weighted by atomic mass is 10.2. The first-order chi connectivity index (χ1) is 9.97. The molecule has 0 radical (unpaired) electrons. The van der Waals surface area contributed by atoms with E-state index in [-0.39, 0.29) is 12.0 Å². The number of aliphatic carboxylic acids is 1. The molecular formula is C14H24N4O3. The predicted molar refractivity (Wildman–Crippen MR) is 79.4 cm³/mol. The van der Waals surface area contributed by atoms with Crippen molar-refractivity contribution in [2.75, 3.05) is 33.7 Å². The first-order valence-electron chi connectivity index (χ1n) is 6.95.